The van der Waals surface area contributed by atoms with Crippen LogP contribution in [0.15, 0.2) is 48.5 Å². The summed E-state index contributed by atoms with van der Waals surface area (Å²) >= 11 is 0. The molecular formula is C36H39N3O3. The van der Waals surface area contributed by atoms with E-state index < -0.39 is 0 Å². The number of rotatable bonds is 5. The van der Waals surface area contributed by atoms with E-state index in [9.17, 15) is 14.4 Å². The highest BCUT2D eigenvalue weighted by Crippen LogP contribution is 2.59. The highest BCUT2D eigenvalue weighted by Gasteiger charge is 2.58. The molecule has 2 amide bonds. The minimum absolute atomic E-state index is 0.0500. The third-order valence-corrected chi connectivity index (χ3v) is 12.3. The third-order valence-electron chi connectivity index (χ3n) is 12.3. The van der Waals surface area contributed by atoms with Crippen LogP contribution in [0.4, 0.5) is 5.69 Å². The molecule has 0 spiro atoms. The van der Waals surface area contributed by atoms with Crippen molar-refractivity contribution < 1.29 is 14.4 Å². The molecule has 3 aromatic rings. The normalized spacial score (nSPS) is 37.4. The van der Waals surface area contributed by atoms with Crippen LogP contribution < -0.4 is 10.6 Å². The van der Waals surface area contributed by atoms with Gasteiger partial charge in [0.2, 0.25) is 5.91 Å². The molecule has 6 heteroatoms. The first-order valence-electron chi connectivity index (χ1n) is 16.3. The Bertz CT molecular complexity index is 1570. The minimum Gasteiger partial charge on any atom is -0.355 e. The van der Waals surface area contributed by atoms with Crippen LogP contribution >= 0.6 is 0 Å². The number of carbonyl (C=O) groups is 3. The number of hydrogen-bond donors (Lipinski definition) is 3. The van der Waals surface area contributed by atoms with Crippen molar-refractivity contribution in [3.05, 3.63) is 54.1 Å². The molecule has 8 saturated carbocycles. The van der Waals surface area contributed by atoms with Crippen LogP contribution in [0, 0.1) is 46.8 Å². The fourth-order valence-corrected chi connectivity index (χ4v) is 10.8. The number of amides is 2. The quantitative estimate of drug-likeness (QED) is 0.323. The van der Waals surface area contributed by atoms with E-state index >= 15 is 0 Å². The molecule has 2 atom stereocenters. The lowest BCUT2D eigenvalue weighted by Gasteiger charge is -2.54. The molecule has 8 aliphatic rings. The van der Waals surface area contributed by atoms with Crippen molar-refractivity contribution in [2.24, 2.45) is 46.8 Å². The molecular weight excluding hydrogens is 522 g/mol. The maximum Gasteiger partial charge on any atom is 0.251 e. The van der Waals surface area contributed by atoms with E-state index in [0.29, 0.717) is 35.1 Å². The van der Waals surface area contributed by atoms with Gasteiger partial charge in [0.15, 0.2) is 0 Å². The maximum atomic E-state index is 13.5. The molecule has 1 aromatic heterocycles. The Morgan fingerprint density at radius 2 is 1.45 bits per heavy atom. The van der Waals surface area contributed by atoms with E-state index in [4.69, 9.17) is 0 Å². The minimum atomic E-state index is -0.375. The standard InChI is InChI=1S/C36H39N3O3/c40-33-27-12-21-13-28(33)18-36(16-21,17-27)35(42)37-29-5-3-22(4-6-29)30-14-23-1-2-24(15-31(23)38-30)34(41)39-32-25-8-19-7-20(10-25)11-26(32)9-19/h1-6,14-15,19-21,25-28,32,38H,7-13,16-18H2,(H,37,42)(H,39,41). The van der Waals surface area contributed by atoms with Gasteiger partial charge in [-0.3, -0.25) is 14.4 Å². The molecule has 3 N–H and O–H groups in total. The molecule has 216 valence electrons. The van der Waals surface area contributed by atoms with Crippen molar-refractivity contribution in [3.8, 4) is 11.3 Å². The zero-order valence-electron chi connectivity index (χ0n) is 24.0. The molecule has 0 saturated heterocycles. The number of H-pyrrole nitrogens is 1. The second-order valence-electron chi connectivity index (χ2n) is 15.0. The van der Waals surface area contributed by atoms with Gasteiger partial charge in [0, 0.05) is 45.7 Å². The van der Waals surface area contributed by atoms with Crippen LogP contribution in [0.2, 0.25) is 0 Å². The average Bonchev–Trinajstić information content (AvgIpc) is 3.41. The van der Waals surface area contributed by atoms with Gasteiger partial charge in [-0.25, -0.2) is 0 Å². The summed E-state index contributed by atoms with van der Waals surface area (Å²) in [5.74, 6) is 4.38. The molecule has 1 heterocycles. The summed E-state index contributed by atoms with van der Waals surface area (Å²) in [7, 11) is 0. The van der Waals surface area contributed by atoms with Crippen LogP contribution in [0.1, 0.15) is 74.6 Å². The summed E-state index contributed by atoms with van der Waals surface area (Å²) in [6.45, 7) is 0. The molecule has 0 aliphatic heterocycles. The first-order valence-corrected chi connectivity index (χ1v) is 16.3. The molecule has 2 aromatic carbocycles. The third kappa shape index (κ3) is 3.93. The molecule has 11 rings (SSSR count). The van der Waals surface area contributed by atoms with Crippen molar-refractivity contribution in [3.63, 3.8) is 0 Å². The van der Waals surface area contributed by atoms with Gasteiger partial charge in [0.25, 0.3) is 5.91 Å². The van der Waals surface area contributed by atoms with E-state index in [-0.39, 0.29) is 29.1 Å². The van der Waals surface area contributed by atoms with Gasteiger partial charge in [0.1, 0.15) is 5.78 Å². The van der Waals surface area contributed by atoms with Gasteiger partial charge in [-0.1, -0.05) is 18.2 Å². The second-order valence-corrected chi connectivity index (χ2v) is 15.0. The summed E-state index contributed by atoms with van der Waals surface area (Å²) in [5.41, 5.74) is 4.11. The fraction of sp³-hybridized carbons (Fsp3) is 0.528. The highest BCUT2D eigenvalue weighted by molar-refractivity contribution is 6.00. The number of aromatic amines is 1. The number of anilines is 1. The maximum absolute atomic E-state index is 13.5. The SMILES string of the molecule is O=C(NC1C2CC3CC(C2)CC1C3)c1ccc2cc(-c3ccc(NC(=O)C45CC6CC(C4)C(=O)C(C6)C5)cc3)[nH]c2c1. The number of fused-ring (bicyclic) bond motifs is 1. The van der Waals surface area contributed by atoms with Crippen LogP contribution in [-0.2, 0) is 9.59 Å². The van der Waals surface area contributed by atoms with E-state index in [1.807, 2.05) is 42.5 Å². The highest BCUT2D eigenvalue weighted by atomic mass is 16.2. The monoisotopic (exact) mass is 561 g/mol. The molecule has 8 aliphatic carbocycles. The van der Waals surface area contributed by atoms with E-state index in [2.05, 4.69) is 21.7 Å². The van der Waals surface area contributed by atoms with Gasteiger partial charge >= 0.3 is 0 Å². The largest absolute Gasteiger partial charge is 0.355 e. The zero-order valence-corrected chi connectivity index (χ0v) is 24.0. The second kappa shape index (κ2) is 9.05. The number of hydrogen-bond acceptors (Lipinski definition) is 3. The number of ketones is 1. The summed E-state index contributed by atoms with van der Waals surface area (Å²) in [5, 5.41) is 7.70. The first kappa shape index (κ1) is 25.1. The van der Waals surface area contributed by atoms with Crippen LogP contribution in [-0.4, -0.2) is 28.6 Å². The molecule has 0 radical (unpaired) electrons. The van der Waals surface area contributed by atoms with Crippen LogP contribution in [0.3, 0.4) is 0 Å². The average molecular weight is 562 g/mol. The molecule has 8 bridgehead atoms. The van der Waals surface area contributed by atoms with Crippen molar-refractivity contribution >= 4 is 34.2 Å². The van der Waals surface area contributed by atoms with Crippen molar-refractivity contribution in [1.82, 2.24) is 10.3 Å². The number of Topliss-reactive ketones (excluding diaryl/α,β-unsaturated/α-hetero) is 1. The van der Waals surface area contributed by atoms with Gasteiger partial charge in [-0.15, -0.1) is 0 Å². The number of carbonyl (C=O) groups excluding carboxylic acids is 3. The number of nitrogens with one attached hydrogen (secondary N) is 3. The zero-order chi connectivity index (χ0) is 28.2. The van der Waals surface area contributed by atoms with E-state index in [0.717, 1.165) is 71.8 Å². The van der Waals surface area contributed by atoms with Crippen molar-refractivity contribution in [1.29, 1.82) is 0 Å². The smallest absolute Gasteiger partial charge is 0.251 e. The Balaban J connectivity index is 0.889. The summed E-state index contributed by atoms with van der Waals surface area (Å²) in [6, 6.07) is 16.4. The van der Waals surface area contributed by atoms with Crippen LogP contribution in [0.5, 0.6) is 0 Å². The van der Waals surface area contributed by atoms with Gasteiger partial charge < -0.3 is 15.6 Å². The lowest BCUT2D eigenvalue weighted by molar-refractivity contribution is -0.154. The van der Waals surface area contributed by atoms with Gasteiger partial charge in [0.05, 0.1) is 5.41 Å². The van der Waals surface area contributed by atoms with E-state index in [1.54, 1.807) is 0 Å². The molecule has 42 heavy (non-hydrogen) atoms. The molecule has 6 nitrogen and oxygen atoms in total. The Labute approximate surface area is 246 Å². The lowest BCUT2D eigenvalue weighted by Crippen LogP contribution is -2.55. The Hall–Kier alpha value is -3.41. The fourth-order valence-electron chi connectivity index (χ4n) is 10.8. The van der Waals surface area contributed by atoms with E-state index in [1.165, 1.54) is 32.1 Å². The number of benzene rings is 2. The van der Waals surface area contributed by atoms with Gasteiger partial charge in [-0.05, 0) is 130 Å². The summed E-state index contributed by atoms with van der Waals surface area (Å²) in [4.78, 5) is 42.9. The Morgan fingerprint density at radius 1 is 0.762 bits per heavy atom. The Morgan fingerprint density at radius 3 is 2.14 bits per heavy atom. The molecule has 8 fully saturated rings. The number of aromatic nitrogens is 1. The predicted octanol–water partition coefficient (Wildman–Crippen LogP) is 6.72. The topological polar surface area (TPSA) is 91.1 Å². The lowest BCUT2D eigenvalue weighted by atomic mass is 9.49. The predicted molar refractivity (Wildman–Crippen MR) is 162 cm³/mol. The first-order chi connectivity index (χ1) is 20.4. The summed E-state index contributed by atoms with van der Waals surface area (Å²) < 4.78 is 0. The van der Waals surface area contributed by atoms with Crippen molar-refractivity contribution in [2.75, 3.05) is 5.32 Å². The van der Waals surface area contributed by atoms with Crippen molar-refractivity contribution in [2.45, 2.75) is 70.3 Å². The molecule has 2 unspecified atom stereocenters. The van der Waals surface area contributed by atoms with Crippen LogP contribution in [0.25, 0.3) is 22.2 Å². The van der Waals surface area contributed by atoms with Gasteiger partial charge in [-0.2, -0.15) is 0 Å². The Kier molecular flexibility index (Phi) is 5.41. The summed E-state index contributed by atoms with van der Waals surface area (Å²) in [6.07, 6.45) is 10.9.